The molecule has 3 aromatic heterocycles. The minimum absolute atomic E-state index is 0.0359. The van der Waals surface area contributed by atoms with E-state index < -0.39 is 0 Å². The number of fused-ring (bicyclic) bond motifs is 1. The normalized spacial score (nSPS) is 23.9. The van der Waals surface area contributed by atoms with Crippen LogP contribution in [-0.2, 0) is 6.54 Å². The van der Waals surface area contributed by atoms with Crippen molar-refractivity contribution >= 4 is 16.9 Å². The first-order valence-corrected chi connectivity index (χ1v) is 10.6. The molecule has 0 aliphatic carbocycles. The number of hydrogen-bond acceptors (Lipinski definition) is 5. The largest absolute Gasteiger partial charge is 0.467 e. The molecule has 1 saturated heterocycles. The molecule has 5 heterocycles. The Morgan fingerprint density at radius 2 is 2.11 bits per heavy atom. The highest BCUT2D eigenvalue weighted by molar-refractivity contribution is 8.14. The van der Waals surface area contributed by atoms with Gasteiger partial charge in [0.15, 0.2) is 5.17 Å². The van der Waals surface area contributed by atoms with Gasteiger partial charge in [0.1, 0.15) is 11.8 Å². The molecule has 5 rings (SSSR count). The van der Waals surface area contributed by atoms with Crippen molar-refractivity contribution in [3.05, 3.63) is 77.3 Å². The van der Waals surface area contributed by atoms with Crippen LogP contribution in [0.1, 0.15) is 47.4 Å². The first-order valence-electron chi connectivity index (χ1n) is 9.73. The van der Waals surface area contributed by atoms with Crippen LogP contribution in [0.5, 0.6) is 0 Å². The summed E-state index contributed by atoms with van der Waals surface area (Å²) in [5.41, 5.74) is 4.91. The van der Waals surface area contributed by atoms with Crippen molar-refractivity contribution in [2.75, 3.05) is 6.54 Å². The van der Waals surface area contributed by atoms with E-state index in [-0.39, 0.29) is 12.1 Å². The lowest BCUT2D eigenvalue weighted by molar-refractivity contribution is 0.320. The minimum atomic E-state index is 0.0359. The molecular weight excluding hydrogens is 368 g/mol. The SMILES string of the molecule is Cc1cc([C@@H]2[C@H](c3ccccn3)N=C3S[C@H](C)CN32)c(C)n1Cc1ccco1. The quantitative estimate of drug-likeness (QED) is 0.644. The summed E-state index contributed by atoms with van der Waals surface area (Å²) in [6, 6.07) is 12.6. The van der Waals surface area contributed by atoms with Gasteiger partial charge in [-0.1, -0.05) is 24.8 Å². The van der Waals surface area contributed by atoms with E-state index in [1.54, 1.807) is 6.26 Å². The average Bonchev–Trinajstić information content (AvgIpc) is 3.44. The van der Waals surface area contributed by atoms with Gasteiger partial charge < -0.3 is 13.9 Å². The van der Waals surface area contributed by atoms with E-state index in [0.717, 1.165) is 29.7 Å². The van der Waals surface area contributed by atoms with Crippen LogP contribution in [0.2, 0.25) is 0 Å². The van der Waals surface area contributed by atoms with E-state index in [9.17, 15) is 0 Å². The number of nitrogens with zero attached hydrogens (tertiary/aromatic N) is 4. The lowest BCUT2D eigenvalue weighted by Gasteiger charge is -2.27. The first-order chi connectivity index (χ1) is 13.6. The number of pyridine rings is 1. The predicted molar refractivity (Wildman–Crippen MR) is 113 cm³/mol. The second-order valence-corrected chi connectivity index (χ2v) is 9.03. The van der Waals surface area contributed by atoms with Crippen molar-refractivity contribution in [3.8, 4) is 0 Å². The minimum Gasteiger partial charge on any atom is -0.467 e. The molecule has 3 aromatic rings. The Hall–Kier alpha value is -2.47. The summed E-state index contributed by atoms with van der Waals surface area (Å²) in [7, 11) is 0. The van der Waals surface area contributed by atoms with Crippen molar-refractivity contribution in [1.29, 1.82) is 0 Å². The first kappa shape index (κ1) is 17.6. The van der Waals surface area contributed by atoms with Gasteiger partial charge in [0.2, 0.25) is 0 Å². The molecule has 2 aliphatic heterocycles. The zero-order valence-corrected chi connectivity index (χ0v) is 17.2. The summed E-state index contributed by atoms with van der Waals surface area (Å²) in [5, 5.41) is 1.72. The number of rotatable bonds is 4. The van der Waals surface area contributed by atoms with E-state index in [1.807, 2.05) is 36.2 Å². The summed E-state index contributed by atoms with van der Waals surface area (Å²) in [4.78, 5) is 12.2. The van der Waals surface area contributed by atoms with Crippen molar-refractivity contribution in [2.24, 2.45) is 4.99 Å². The van der Waals surface area contributed by atoms with Gasteiger partial charge in [-0.05, 0) is 49.7 Å². The third-order valence-electron chi connectivity index (χ3n) is 5.71. The van der Waals surface area contributed by atoms with E-state index in [4.69, 9.17) is 9.41 Å². The molecule has 144 valence electrons. The number of aliphatic imine (C=N–C) groups is 1. The van der Waals surface area contributed by atoms with Crippen LogP contribution in [0.3, 0.4) is 0 Å². The molecule has 3 atom stereocenters. The average molecular weight is 393 g/mol. The molecular formula is C22H24N4OS. The Morgan fingerprint density at radius 3 is 2.86 bits per heavy atom. The zero-order valence-electron chi connectivity index (χ0n) is 16.4. The van der Waals surface area contributed by atoms with Gasteiger partial charge in [-0.2, -0.15) is 0 Å². The highest BCUT2D eigenvalue weighted by Crippen LogP contribution is 2.48. The fourth-order valence-electron chi connectivity index (χ4n) is 4.38. The fraction of sp³-hybridized carbons (Fsp3) is 0.364. The molecule has 0 spiro atoms. The highest BCUT2D eigenvalue weighted by Gasteiger charge is 2.44. The Kier molecular flexibility index (Phi) is 4.31. The van der Waals surface area contributed by atoms with E-state index in [0.29, 0.717) is 5.25 Å². The van der Waals surface area contributed by atoms with Gasteiger partial charge in [0, 0.05) is 29.4 Å². The van der Waals surface area contributed by atoms with Crippen molar-refractivity contribution in [3.63, 3.8) is 0 Å². The van der Waals surface area contributed by atoms with Gasteiger partial charge in [-0.15, -0.1) is 0 Å². The summed E-state index contributed by atoms with van der Waals surface area (Å²) in [6.45, 7) is 8.45. The second kappa shape index (κ2) is 6.85. The van der Waals surface area contributed by atoms with Crippen LogP contribution in [0.25, 0.3) is 0 Å². The predicted octanol–water partition coefficient (Wildman–Crippen LogP) is 4.73. The van der Waals surface area contributed by atoms with Crippen LogP contribution in [0.15, 0.2) is 58.3 Å². The molecule has 2 aliphatic rings. The molecule has 0 radical (unpaired) electrons. The maximum absolute atomic E-state index is 5.59. The Balaban J connectivity index is 1.56. The molecule has 0 aromatic carbocycles. The number of thioether (sulfide) groups is 1. The van der Waals surface area contributed by atoms with Crippen LogP contribution in [-0.4, -0.2) is 31.4 Å². The molecule has 0 bridgehead atoms. The monoisotopic (exact) mass is 392 g/mol. The molecule has 1 fully saturated rings. The Labute approximate surface area is 169 Å². The summed E-state index contributed by atoms with van der Waals surface area (Å²) >= 11 is 1.88. The highest BCUT2D eigenvalue weighted by atomic mass is 32.2. The van der Waals surface area contributed by atoms with Crippen LogP contribution in [0, 0.1) is 13.8 Å². The number of amidine groups is 1. The Morgan fingerprint density at radius 1 is 1.21 bits per heavy atom. The van der Waals surface area contributed by atoms with E-state index >= 15 is 0 Å². The van der Waals surface area contributed by atoms with Gasteiger partial charge in [-0.25, -0.2) is 0 Å². The molecule has 6 heteroatoms. The Bertz CT molecular complexity index is 1010. The number of aromatic nitrogens is 2. The third-order valence-corrected chi connectivity index (χ3v) is 6.81. The lowest BCUT2D eigenvalue weighted by Crippen LogP contribution is -2.29. The molecule has 0 amide bonds. The van der Waals surface area contributed by atoms with Gasteiger partial charge >= 0.3 is 0 Å². The second-order valence-electron chi connectivity index (χ2n) is 7.63. The molecule has 0 unspecified atom stereocenters. The zero-order chi connectivity index (χ0) is 19.3. The molecule has 0 N–H and O–H groups in total. The smallest absolute Gasteiger partial charge is 0.160 e. The third kappa shape index (κ3) is 2.87. The molecule has 28 heavy (non-hydrogen) atoms. The molecule has 0 saturated carbocycles. The van der Waals surface area contributed by atoms with Crippen molar-refractivity contribution < 1.29 is 4.42 Å². The van der Waals surface area contributed by atoms with Gasteiger partial charge in [0.25, 0.3) is 0 Å². The molecule has 5 nitrogen and oxygen atoms in total. The summed E-state index contributed by atoms with van der Waals surface area (Å²) in [5.74, 6) is 0.975. The number of furan rings is 1. The van der Waals surface area contributed by atoms with E-state index in [2.05, 4.69) is 53.4 Å². The van der Waals surface area contributed by atoms with Crippen molar-refractivity contribution in [1.82, 2.24) is 14.5 Å². The maximum atomic E-state index is 5.59. The van der Waals surface area contributed by atoms with Crippen molar-refractivity contribution in [2.45, 2.75) is 44.6 Å². The van der Waals surface area contributed by atoms with Crippen LogP contribution in [0.4, 0.5) is 0 Å². The van der Waals surface area contributed by atoms with Gasteiger partial charge in [0.05, 0.1) is 24.5 Å². The van der Waals surface area contributed by atoms with Crippen LogP contribution >= 0.6 is 11.8 Å². The number of hydrogen-bond donors (Lipinski definition) is 0. The summed E-state index contributed by atoms with van der Waals surface area (Å²) in [6.07, 6.45) is 3.60. The fourth-order valence-corrected chi connectivity index (χ4v) is 5.48. The standard InChI is InChI=1S/C22H24N4OS/c1-14-11-18(16(3)25(14)13-17-7-6-10-27-17)21-20(19-8-4-5-9-23-19)24-22-26(21)12-15(2)28-22/h4-11,15,20-21H,12-13H2,1-3H3/t15-,20+,21-/m1/s1. The van der Waals surface area contributed by atoms with E-state index in [1.165, 1.54) is 17.0 Å². The lowest BCUT2D eigenvalue weighted by atomic mass is 9.96. The van der Waals surface area contributed by atoms with Gasteiger partial charge in [-0.3, -0.25) is 9.98 Å². The summed E-state index contributed by atoms with van der Waals surface area (Å²) < 4.78 is 7.93. The number of aryl methyl sites for hydroxylation is 1. The van der Waals surface area contributed by atoms with Crippen LogP contribution < -0.4 is 0 Å². The maximum Gasteiger partial charge on any atom is 0.160 e. The topological polar surface area (TPSA) is 46.6 Å².